The topological polar surface area (TPSA) is 145 Å². The van der Waals surface area contributed by atoms with Crippen molar-refractivity contribution in [2.45, 2.75) is 111 Å². The van der Waals surface area contributed by atoms with E-state index in [0.717, 1.165) is 52.0 Å². The first kappa shape index (κ1) is 42.8. The number of hydrogen-bond donors (Lipinski definition) is 4. The van der Waals surface area contributed by atoms with Crippen LogP contribution in [0.2, 0.25) is 0 Å². The molecular weight excluding hydrogens is 626 g/mol. The van der Waals surface area contributed by atoms with E-state index in [2.05, 4.69) is 40.0 Å². The number of nitrogens with one attached hydrogen (secondary N) is 4. The summed E-state index contributed by atoms with van der Waals surface area (Å²) in [5.41, 5.74) is 0. The smallest absolute Gasteiger partial charge is 0.245 e. The van der Waals surface area contributed by atoms with Gasteiger partial charge in [-0.25, -0.2) is 0 Å². The van der Waals surface area contributed by atoms with Crippen LogP contribution in [0.1, 0.15) is 74.1 Å². The number of amides is 4. The van der Waals surface area contributed by atoms with E-state index in [1.165, 1.54) is 0 Å². The molecule has 0 aliphatic carbocycles. The lowest BCUT2D eigenvalue weighted by Gasteiger charge is -2.41. The third-order valence-electron chi connectivity index (χ3n) is 10.7. The van der Waals surface area contributed by atoms with E-state index < -0.39 is 36.3 Å². The van der Waals surface area contributed by atoms with Gasteiger partial charge in [-0.1, -0.05) is 54.9 Å². The normalized spacial score (nSPS) is 21.5. The second-order valence-electron chi connectivity index (χ2n) is 14.7. The molecule has 49 heavy (non-hydrogen) atoms. The summed E-state index contributed by atoms with van der Waals surface area (Å²) in [6.45, 7) is 19.6. The van der Waals surface area contributed by atoms with Crippen LogP contribution in [0.3, 0.4) is 0 Å². The number of hydrogen-bond acceptors (Lipinski definition) is 9. The fourth-order valence-corrected chi connectivity index (χ4v) is 7.48. The first-order valence-corrected chi connectivity index (χ1v) is 18.5. The molecule has 2 heterocycles. The third-order valence-corrected chi connectivity index (χ3v) is 10.7. The van der Waals surface area contributed by atoms with Gasteiger partial charge in [0.2, 0.25) is 23.6 Å². The highest BCUT2D eigenvalue weighted by atomic mass is 16.5. The van der Waals surface area contributed by atoms with Crippen LogP contribution in [-0.4, -0.2) is 149 Å². The zero-order chi connectivity index (χ0) is 36.8. The zero-order valence-electron chi connectivity index (χ0n) is 32.3. The molecule has 0 bridgehead atoms. The fourth-order valence-electron chi connectivity index (χ4n) is 7.48. The fraction of sp³-hybridized carbons (Fsp3) is 0.889. The monoisotopic (exact) mass is 696 g/mol. The minimum Gasteiger partial charge on any atom is -0.379 e. The lowest BCUT2D eigenvalue weighted by atomic mass is 9.89. The Morgan fingerprint density at radius 2 is 1.55 bits per heavy atom. The first-order chi connectivity index (χ1) is 23.2. The maximum atomic E-state index is 14.1. The quantitative estimate of drug-likeness (QED) is 0.148. The van der Waals surface area contributed by atoms with Gasteiger partial charge < -0.3 is 40.5 Å². The molecular formula is C36H69N7O6. The number of piperazine rings is 1. The first-order valence-electron chi connectivity index (χ1n) is 18.5. The van der Waals surface area contributed by atoms with Crippen molar-refractivity contribution in [1.29, 1.82) is 0 Å². The van der Waals surface area contributed by atoms with E-state index in [1.54, 1.807) is 33.2 Å². The molecule has 4 amide bonds. The largest absolute Gasteiger partial charge is 0.379 e. The Labute approximate surface area is 296 Å². The molecule has 0 spiro atoms. The Balaban J connectivity index is 2.17. The van der Waals surface area contributed by atoms with Gasteiger partial charge in [-0.3, -0.25) is 24.1 Å². The Bertz CT molecular complexity index is 1040. The van der Waals surface area contributed by atoms with Gasteiger partial charge in [0.1, 0.15) is 6.04 Å². The average molecular weight is 696 g/mol. The summed E-state index contributed by atoms with van der Waals surface area (Å²) in [4.78, 5) is 60.4. The summed E-state index contributed by atoms with van der Waals surface area (Å²) >= 11 is 0. The Hall–Kier alpha value is -2.32. The predicted molar refractivity (Wildman–Crippen MR) is 193 cm³/mol. The minimum atomic E-state index is -0.734. The maximum absolute atomic E-state index is 14.1. The van der Waals surface area contributed by atoms with E-state index in [1.807, 2.05) is 39.5 Å². The van der Waals surface area contributed by atoms with Crippen LogP contribution in [0.5, 0.6) is 0 Å². The molecule has 0 unspecified atom stereocenters. The van der Waals surface area contributed by atoms with Crippen LogP contribution in [0.15, 0.2) is 0 Å². The number of likely N-dealkylation sites (tertiary alicyclic amines) is 1. The molecule has 2 rings (SSSR count). The highest BCUT2D eigenvalue weighted by molar-refractivity contribution is 5.90. The summed E-state index contributed by atoms with van der Waals surface area (Å²) in [5, 5.41) is 12.5. The van der Waals surface area contributed by atoms with Crippen molar-refractivity contribution in [2.24, 2.45) is 23.7 Å². The molecule has 0 aromatic heterocycles. The average Bonchev–Trinajstić information content (AvgIpc) is 3.56. The van der Waals surface area contributed by atoms with E-state index in [0.29, 0.717) is 13.1 Å². The van der Waals surface area contributed by atoms with Crippen LogP contribution in [0, 0.1) is 23.7 Å². The molecule has 8 atom stereocenters. The van der Waals surface area contributed by atoms with Crippen LogP contribution in [-0.2, 0) is 28.7 Å². The van der Waals surface area contributed by atoms with Gasteiger partial charge in [0.25, 0.3) is 0 Å². The van der Waals surface area contributed by atoms with Crippen LogP contribution < -0.4 is 21.3 Å². The number of carbonyl (C=O) groups is 4. The van der Waals surface area contributed by atoms with Crippen molar-refractivity contribution >= 4 is 23.6 Å². The molecule has 2 aliphatic rings. The van der Waals surface area contributed by atoms with Crippen molar-refractivity contribution in [3.8, 4) is 0 Å². The summed E-state index contributed by atoms with van der Waals surface area (Å²) in [6, 6.07) is -1.81. The number of carbonyl (C=O) groups excluding carboxylic acids is 4. The highest BCUT2D eigenvalue weighted by Crippen LogP contribution is 2.29. The van der Waals surface area contributed by atoms with E-state index in [4.69, 9.17) is 9.47 Å². The van der Waals surface area contributed by atoms with Crippen LogP contribution in [0.4, 0.5) is 0 Å². The Morgan fingerprint density at radius 1 is 0.918 bits per heavy atom. The molecule has 4 N–H and O–H groups in total. The number of methoxy groups -OCH3 is 2. The highest BCUT2D eigenvalue weighted by Gasteiger charge is 2.43. The lowest BCUT2D eigenvalue weighted by molar-refractivity contribution is -0.147. The molecule has 0 radical (unpaired) electrons. The summed E-state index contributed by atoms with van der Waals surface area (Å²) in [6.07, 6.45) is 1.38. The van der Waals surface area contributed by atoms with Crippen molar-refractivity contribution in [3.05, 3.63) is 0 Å². The second kappa shape index (κ2) is 21.1. The molecule has 13 heteroatoms. The number of likely N-dealkylation sites (N-methyl/N-ethyl adjacent to an activating group) is 2. The van der Waals surface area contributed by atoms with Crippen molar-refractivity contribution in [3.63, 3.8) is 0 Å². The molecule has 0 aromatic carbocycles. The van der Waals surface area contributed by atoms with Crippen molar-refractivity contribution in [2.75, 3.05) is 74.1 Å². The van der Waals surface area contributed by atoms with Gasteiger partial charge in [-0.05, 0) is 37.6 Å². The molecule has 2 saturated heterocycles. The zero-order valence-corrected chi connectivity index (χ0v) is 32.3. The number of ether oxygens (including phenoxy) is 2. The van der Waals surface area contributed by atoms with Gasteiger partial charge >= 0.3 is 0 Å². The van der Waals surface area contributed by atoms with Gasteiger partial charge in [0, 0.05) is 67.1 Å². The van der Waals surface area contributed by atoms with Gasteiger partial charge in [-0.15, -0.1) is 0 Å². The predicted octanol–water partition coefficient (Wildman–Crippen LogP) is 1.31. The standard InChI is InChI=1S/C36H69N7O6/c1-12-25(6)32(41(9)36(47)31(24(4)5)40-35(46)30(37-8)23(2)3)28(48-10)22-29(44)43-18-13-14-27(43)33(49-11)26(7)34(45)39-17-21-42-19-15-38-16-20-42/h23-28,30-33,37-38H,12-22H2,1-11H3,(H,39,45)(H,40,46)/t25-,26+,27-,28+,30-,31-,32-,33+/m0/s1. The minimum absolute atomic E-state index is 0.0157. The van der Waals surface area contributed by atoms with E-state index in [9.17, 15) is 19.2 Å². The number of rotatable bonds is 20. The molecule has 2 aliphatic heterocycles. The molecule has 0 aromatic rings. The van der Waals surface area contributed by atoms with Crippen molar-refractivity contribution in [1.82, 2.24) is 36.0 Å². The van der Waals surface area contributed by atoms with Crippen LogP contribution >= 0.6 is 0 Å². The van der Waals surface area contributed by atoms with Gasteiger partial charge in [0.05, 0.1) is 42.7 Å². The van der Waals surface area contributed by atoms with E-state index in [-0.39, 0.29) is 53.8 Å². The van der Waals surface area contributed by atoms with Gasteiger partial charge in [0.15, 0.2) is 0 Å². The Morgan fingerprint density at radius 3 is 2.08 bits per heavy atom. The molecule has 2 fully saturated rings. The Kier molecular flexibility index (Phi) is 18.5. The SMILES string of the molecule is CC[C@H](C)[C@@H]([C@@H](CC(=O)N1CCC[C@H]1[C@H](OC)[C@@H](C)C(=O)NCCN1CCNCC1)OC)N(C)C(=O)[C@@H](NC(=O)[C@@H](NC)C(C)C)C(C)C. The molecule has 284 valence electrons. The van der Waals surface area contributed by atoms with E-state index >= 15 is 0 Å². The number of nitrogens with zero attached hydrogens (tertiary/aromatic N) is 3. The third kappa shape index (κ3) is 11.9. The molecule has 0 saturated carbocycles. The summed E-state index contributed by atoms with van der Waals surface area (Å²) in [5.74, 6) is -1.11. The second-order valence-corrected chi connectivity index (χ2v) is 14.7. The summed E-state index contributed by atoms with van der Waals surface area (Å²) < 4.78 is 11.9. The summed E-state index contributed by atoms with van der Waals surface area (Å²) in [7, 11) is 6.68. The van der Waals surface area contributed by atoms with Crippen molar-refractivity contribution < 1.29 is 28.7 Å². The van der Waals surface area contributed by atoms with Gasteiger partial charge in [-0.2, -0.15) is 0 Å². The lowest BCUT2D eigenvalue weighted by Crippen LogP contribution is -2.59. The van der Waals surface area contributed by atoms with Crippen LogP contribution in [0.25, 0.3) is 0 Å². The maximum Gasteiger partial charge on any atom is 0.245 e. The molecule has 13 nitrogen and oxygen atoms in total.